The molecule has 2 N–H and O–H groups in total. The average molecular weight is 224 g/mol. The van der Waals surface area contributed by atoms with Crippen LogP contribution in [0.3, 0.4) is 0 Å². The molecular weight excluding hydrogens is 218 g/mol. The van der Waals surface area contributed by atoms with E-state index in [0.29, 0.717) is 6.07 Å². The standard InChI is InChI=1S/C6H6BF3NO2S/c8-7(9,10)5-2-1-3-6(4-5)14(11,12)13/h1-4H,(H2,11,12,13)/q-1. The lowest BCUT2D eigenvalue weighted by atomic mass is 9.80. The van der Waals surface area contributed by atoms with Gasteiger partial charge in [-0.2, -0.15) is 0 Å². The first-order valence-corrected chi connectivity index (χ1v) is 5.08. The Labute approximate surface area is 78.8 Å². The molecule has 0 amide bonds. The molecule has 8 heteroatoms. The third-order valence-corrected chi connectivity index (χ3v) is 2.48. The number of benzene rings is 1. The maximum atomic E-state index is 12.2. The summed E-state index contributed by atoms with van der Waals surface area (Å²) in [6, 6.07) is 3.34. The maximum Gasteiger partial charge on any atom is 0.509 e. The highest BCUT2D eigenvalue weighted by atomic mass is 32.2. The quantitative estimate of drug-likeness (QED) is 0.738. The predicted octanol–water partition coefficient (Wildman–Crippen LogP) is 0.388. The van der Waals surface area contributed by atoms with Crippen LogP contribution in [-0.4, -0.2) is 15.4 Å². The van der Waals surface area contributed by atoms with Crippen molar-refractivity contribution in [1.29, 1.82) is 0 Å². The normalized spacial score (nSPS) is 12.9. The lowest BCUT2D eigenvalue weighted by Crippen LogP contribution is -2.34. The molecule has 1 rings (SSSR count). The van der Waals surface area contributed by atoms with Crippen LogP contribution in [0.15, 0.2) is 29.2 Å². The lowest BCUT2D eigenvalue weighted by molar-refractivity contribution is 0.501. The third kappa shape index (κ3) is 2.49. The number of hydrogen-bond donors (Lipinski definition) is 1. The molecule has 14 heavy (non-hydrogen) atoms. The van der Waals surface area contributed by atoms with Crippen molar-refractivity contribution >= 4 is 22.5 Å². The van der Waals surface area contributed by atoms with Gasteiger partial charge in [0, 0.05) is 0 Å². The molecule has 0 bridgehead atoms. The maximum absolute atomic E-state index is 12.2. The van der Waals surface area contributed by atoms with E-state index < -0.39 is 27.4 Å². The topological polar surface area (TPSA) is 60.2 Å². The molecule has 78 valence electrons. The first kappa shape index (κ1) is 11.1. The molecule has 0 aromatic heterocycles. The number of nitrogens with two attached hydrogens (primary N) is 1. The minimum atomic E-state index is -5.20. The molecule has 0 radical (unpaired) electrons. The molecule has 3 nitrogen and oxygen atoms in total. The molecule has 0 saturated carbocycles. The second-order valence-corrected chi connectivity index (χ2v) is 4.25. The summed E-state index contributed by atoms with van der Waals surface area (Å²) in [7, 11) is -4.08. The SMILES string of the molecule is NS(=O)(=O)c1cccc([B-](F)(F)F)c1. The van der Waals surface area contributed by atoms with Crippen molar-refractivity contribution in [3.05, 3.63) is 24.3 Å². The van der Waals surface area contributed by atoms with E-state index in [1.165, 1.54) is 0 Å². The molecule has 0 heterocycles. The largest absolute Gasteiger partial charge is 0.509 e. The third-order valence-electron chi connectivity index (χ3n) is 1.56. The van der Waals surface area contributed by atoms with Gasteiger partial charge in [-0.15, -0.1) is 5.46 Å². The van der Waals surface area contributed by atoms with E-state index in [4.69, 9.17) is 0 Å². The fourth-order valence-electron chi connectivity index (χ4n) is 0.895. The highest BCUT2D eigenvalue weighted by Crippen LogP contribution is 2.11. The van der Waals surface area contributed by atoms with E-state index in [2.05, 4.69) is 5.14 Å². The van der Waals surface area contributed by atoms with E-state index in [0.717, 1.165) is 18.2 Å². The van der Waals surface area contributed by atoms with Gasteiger partial charge < -0.3 is 12.9 Å². The van der Waals surface area contributed by atoms with Crippen LogP contribution in [-0.2, 0) is 10.0 Å². The van der Waals surface area contributed by atoms with Crippen molar-refractivity contribution in [1.82, 2.24) is 0 Å². The van der Waals surface area contributed by atoms with Gasteiger partial charge in [-0.05, 0) is 6.07 Å². The molecule has 0 aliphatic rings. The van der Waals surface area contributed by atoms with Gasteiger partial charge in [0.1, 0.15) is 0 Å². The number of sulfonamides is 1. The van der Waals surface area contributed by atoms with Crippen LogP contribution >= 0.6 is 0 Å². The Hall–Kier alpha value is -1.02. The molecule has 0 fully saturated rings. The Morgan fingerprint density at radius 3 is 2.21 bits per heavy atom. The second-order valence-electron chi connectivity index (χ2n) is 2.69. The minimum Gasteiger partial charge on any atom is -0.445 e. The van der Waals surface area contributed by atoms with Crippen LogP contribution in [0.1, 0.15) is 0 Å². The zero-order chi connectivity index (χ0) is 11.0. The monoisotopic (exact) mass is 224 g/mol. The summed E-state index contributed by atoms with van der Waals surface area (Å²) in [5, 5.41) is 4.68. The zero-order valence-electron chi connectivity index (χ0n) is 6.82. The summed E-state index contributed by atoms with van der Waals surface area (Å²) in [6.45, 7) is -5.20. The molecular formula is C6H6BF3NO2S-. The first-order valence-electron chi connectivity index (χ1n) is 3.54. The molecule has 0 unspecified atom stereocenters. The van der Waals surface area contributed by atoms with Crippen LogP contribution < -0.4 is 10.6 Å². The molecule has 1 aromatic carbocycles. The van der Waals surface area contributed by atoms with Crippen molar-refractivity contribution in [2.75, 3.05) is 0 Å². The van der Waals surface area contributed by atoms with Crippen LogP contribution in [0, 0.1) is 0 Å². The Morgan fingerprint density at radius 2 is 1.79 bits per heavy atom. The fourth-order valence-corrected chi connectivity index (χ4v) is 1.46. The van der Waals surface area contributed by atoms with Crippen LogP contribution in [0.5, 0.6) is 0 Å². The molecule has 0 saturated heterocycles. The van der Waals surface area contributed by atoms with Crippen molar-refractivity contribution in [3.8, 4) is 0 Å². The van der Waals surface area contributed by atoms with Gasteiger partial charge in [-0.1, -0.05) is 18.2 Å². The fraction of sp³-hybridized carbons (Fsp3) is 0. The predicted molar refractivity (Wildman–Crippen MR) is 46.5 cm³/mol. The van der Waals surface area contributed by atoms with E-state index in [9.17, 15) is 21.4 Å². The number of hydrogen-bond acceptors (Lipinski definition) is 2. The first-order chi connectivity index (χ1) is 6.21. The summed E-state index contributed by atoms with van der Waals surface area (Å²) in [6.07, 6.45) is 0. The van der Waals surface area contributed by atoms with Crippen LogP contribution in [0.4, 0.5) is 12.9 Å². The van der Waals surface area contributed by atoms with E-state index in [1.807, 2.05) is 0 Å². The van der Waals surface area contributed by atoms with E-state index in [1.54, 1.807) is 0 Å². The van der Waals surface area contributed by atoms with Gasteiger partial charge in [0.25, 0.3) is 0 Å². The summed E-state index contributed by atoms with van der Waals surface area (Å²) in [5.41, 5.74) is -0.975. The number of primary sulfonamides is 1. The highest BCUT2D eigenvalue weighted by Gasteiger charge is 2.26. The molecule has 0 spiro atoms. The van der Waals surface area contributed by atoms with Crippen molar-refractivity contribution in [2.24, 2.45) is 5.14 Å². The minimum absolute atomic E-state index is 0.523. The van der Waals surface area contributed by atoms with Gasteiger partial charge in [0.15, 0.2) is 0 Å². The summed E-state index contributed by atoms with van der Waals surface area (Å²) in [4.78, 5) is -0.533. The summed E-state index contributed by atoms with van der Waals surface area (Å²) < 4.78 is 58.0. The second kappa shape index (κ2) is 3.28. The van der Waals surface area contributed by atoms with Crippen LogP contribution in [0.2, 0.25) is 0 Å². The van der Waals surface area contributed by atoms with Gasteiger partial charge in [-0.25, -0.2) is 13.6 Å². The van der Waals surface area contributed by atoms with Gasteiger partial charge in [-0.3, -0.25) is 0 Å². The number of halogens is 3. The summed E-state index contributed by atoms with van der Waals surface area (Å²) >= 11 is 0. The Morgan fingerprint density at radius 1 is 1.21 bits per heavy atom. The van der Waals surface area contributed by atoms with Gasteiger partial charge >= 0.3 is 6.98 Å². The molecule has 0 aliphatic heterocycles. The summed E-state index contributed by atoms with van der Waals surface area (Å²) in [5.74, 6) is 0. The van der Waals surface area contributed by atoms with Crippen molar-refractivity contribution in [3.63, 3.8) is 0 Å². The van der Waals surface area contributed by atoms with Gasteiger partial charge in [0.2, 0.25) is 10.0 Å². The highest BCUT2D eigenvalue weighted by molar-refractivity contribution is 7.89. The molecule has 0 atom stereocenters. The molecule has 0 aliphatic carbocycles. The molecule has 1 aromatic rings. The lowest BCUT2D eigenvalue weighted by Gasteiger charge is -2.14. The Bertz CT molecular complexity index is 443. The Balaban J connectivity index is 3.29. The van der Waals surface area contributed by atoms with E-state index in [-0.39, 0.29) is 0 Å². The van der Waals surface area contributed by atoms with Crippen molar-refractivity contribution in [2.45, 2.75) is 4.90 Å². The van der Waals surface area contributed by atoms with Gasteiger partial charge in [0.05, 0.1) is 4.90 Å². The zero-order valence-corrected chi connectivity index (χ0v) is 7.64. The van der Waals surface area contributed by atoms with E-state index >= 15 is 0 Å². The number of rotatable bonds is 2. The van der Waals surface area contributed by atoms with Crippen molar-refractivity contribution < 1.29 is 21.4 Å². The van der Waals surface area contributed by atoms with Crippen LogP contribution in [0.25, 0.3) is 0 Å². The average Bonchev–Trinajstić information content (AvgIpc) is 2.01. The smallest absolute Gasteiger partial charge is 0.445 e. The Kier molecular flexibility index (Phi) is 2.59.